The van der Waals surface area contributed by atoms with Crippen molar-refractivity contribution in [1.82, 2.24) is 14.9 Å². The minimum absolute atomic E-state index is 0.0201. The predicted molar refractivity (Wildman–Crippen MR) is 118 cm³/mol. The molecule has 0 unspecified atom stereocenters. The lowest BCUT2D eigenvalue weighted by molar-refractivity contribution is 0.0827. The van der Waals surface area contributed by atoms with Gasteiger partial charge in [-0.25, -0.2) is 9.97 Å². The second-order valence-electron chi connectivity index (χ2n) is 7.04. The topological polar surface area (TPSA) is 138 Å². The van der Waals surface area contributed by atoms with Gasteiger partial charge < -0.3 is 20.1 Å². The molecule has 160 valence electrons. The van der Waals surface area contributed by atoms with E-state index in [9.17, 15) is 4.79 Å². The van der Waals surface area contributed by atoms with Crippen LogP contribution in [-0.2, 0) is 9.47 Å². The van der Waals surface area contributed by atoms with Gasteiger partial charge in [0.25, 0.3) is 5.91 Å². The van der Waals surface area contributed by atoms with Crippen molar-refractivity contribution in [2.45, 2.75) is 12.8 Å². The SMILES string of the molecule is COC1=CC(C(=N)OC(=N)c2nc(-c3ccc(C(=O)N(C)C)cc3)cnc2N)=CCC1. The number of nitrogens with one attached hydrogen (secondary N) is 2. The summed E-state index contributed by atoms with van der Waals surface area (Å²) >= 11 is 0. The standard InChI is InChI=1S/C22H24N6O3/c1-28(2)22(29)14-9-7-13(8-10-14)17-12-26-19(23)18(27-17)21(25)31-20(24)15-5-4-6-16(11-15)30-3/h5,7-12,24-25H,4,6H2,1-3H3,(H2,23,26). The highest BCUT2D eigenvalue weighted by molar-refractivity contribution is 6.06. The number of hydrogen-bond acceptors (Lipinski definition) is 8. The number of anilines is 1. The molecule has 1 heterocycles. The van der Waals surface area contributed by atoms with E-state index in [1.165, 1.54) is 11.1 Å². The monoisotopic (exact) mass is 420 g/mol. The summed E-state index contributed by atoms with van der Waals surface area (Å²) in [5, 5.41) is 16.4. The zero-order valence-corrected chi connectivity index (χ0v) is 17.6. The second kappa shape index (κ2) is 9.21. The first-order valence-electron chi connectivity index (χ1n) is 9.55. The van der Waals surface area contributed by atoms with E-state index in [1.807, 2.05) is 6.08 Å². The van der Waals surface area contributed by atoms with Crippen molar-refractivity contribution in [1.29, 1.82) is 10.8 Å². The van der Waals surface area contributed by atoms with Gasteiger partial charge in [-0.15, -0.1) is 0 Å². The number of carbonyl (C=O) groups excluding carboxylic acids is 1. The summed E-state index contributed by atoms with van der Waals surface area (Å²) in [6, 6.07) is 6.89. The van der Waals surface area contributed by atoms with Gasteiger partial charge in [-0.2, -0.15) is 0 Å². The maximum Gasteiger partial charge on any atom is 0.253 e. The number of nitrogen functional groups attached to an aromatic ring is 1. The van der Waals surface area contributed by atoms with Crippen LogP contribution in [0.25, 0.3) is 11.3 Å². The number of allylic oxidation sites excluding steroid dienone is 2. The summed E-state index contributed by atoms with van der Waals surface area (Å²) in [7, 11) is 4.95. The van der Waals surface area contributed by atoms with Gasteiger partial charge in [-0.3, -0.25) is 15.6 Å². The van der Waals surface area contributed by atoms with Crippen LogP contribution in [0.3, 0.4) is 0 Å². The number of nitrogens with two attached hydrogens (primary N) is 1. The van der Waals surface area contributed by atoms with Crippen LogP contribution in [0.5, 0.6) is 0 Å². The van der Waals surface area contributed by atoms with E-state index in [0.29, 0.717) is 22.4 Å². The van der Waals surface area contributed by atoms with Crippen molar-refractivity contribution in [3.05, 3.63) is 65.2 Å². The largest absolute Gasteiger partial charge is 0.501 e. The number of rotatable bonds is 5. The van der Waals surface area contributed by atoms with Crippen molar-refractivity contribution < 1.29 is 14.3 Å². The molecular weight excluding hydrogens is 396 g/mol. The van der Waals surface area contributed by atoms with Gasteiger partial charge in [-0.1, -0.05) is 18.2 Å². The van der Waals surface area contributed by atoms with Gasteiger partial charge >= 0.3 is 0 Å². The van der Waals surface area contributed by atoms with E-state index < -0.39 is 0 Å². The molecule has 0 atom stereocenters. The van der Waals surface area contributed by atoms with Crippen molar-refractivity contribution in [2.75, 3.05) is 26.9 Å². The molecule has 0 aliphatic heterocycles. The first-order chi connectivity index (χ1) is 14.8. The Kier molecular flexibility index (Phi) is 6.44. The van der Waals surface area contributed by atoms with Crippen molar-refractivity contribution in [2.24, 2.45) is 0 Å². The minimum atomic E-state index is -0.380. The van der Waals surface area contributed by atoms with E-state index >= 15 is 0 Å². The van der Waals surface area contributed by atoms with Crippen LogP contribution in [-0.4, -0.2) is 53.8 Å². The Balaban J connectivity index is 1.80. The molecule has 4 N–H and O–H groups in total. The van der Waals surface area contributed by atoms with Crippen molar-refractivity contribution >= 4 is 23.5 Å². The Morgan fingerprint density at radius 3 is 2.52 bits per heavy atom. The first kappa shape index (κ1) is 21.7. The van der Waals surface area contributed by atoms with Crippen LogP contribution in [0, 0.1) is 10.8 Å². The lowest BCUT2D eigenvalue weighted by Gasteiger charge is -2.15. The fourth-order valence-electron chi connectivity index (χ4n) is 2.95. The van der Waals surface area contributed by atoms with E-state index in [-0.39, 0.29) is 29.2 Å². The third-order valence-electron chi connectivity index (χ3n) is 4.65. The molecule has 0 fully saturated rings. The molecular formula is C22H24N6O3. The Bertz CT molecular complexity index is 1090. The quantitative estimate of drug-likeness (QED) is 0.502. The van der Waals surface area contributed by atoms with Crippen LogP contribution in [0.15, 0.2) is 53.9 Å². The number of methoxy groups -OCH3 is 1. The fourth-order valence-corrected chi connectivity index (χ4v) is 2.95. The third-order valence-corrected chi connectivity index (χ3v) is 4.65. The molecule has 1 aliphatic rings. The van der Waals surface area contributed by atoms with Gasteiger partial charge in [0, 0.05) is 37.2 Å². The molecule has 2 aromatic rings. The number of hydrogen-bond donors (Lipinski definition) is 3. The zero-order chi connectivity index (χ0) is 22.5. The summed E-state index contributed by atoms with van der Waals surface area (Å²) < 4.78 is 10.6. The number of benzene rings is 1. The molecule has 9 nitrogen and oxygen atoms in total. The first-order valence-corrected chi connectivity index (χ1v) is 9.55. The molecule has 9 heteroatoms. The number of ether oxygens (including phenoxy) is 2. The molecule has 0 spiro atoms. The minimum Gasteiger partial charge on any atom is -0.501 e. The fraction of sp³-hybridized carbons (Fsp3) is 0.227. The summed E-state index contributed by atoms with van der Waals surface area (Å²) in [4.78, 5) is 22.1. The van der Waals surface area contributed by atoms with Crippen LogP contribution in [0.4, 0.5) is 5.82 Å². The summed E-state index contributed by atoms with van der Waals surface area (Å²) in [6.07, 6.45) is 6.51. The summed E-state index contributed by atoms with van der Waals surface area (Å²) in [6.45, 7) is 0. The molecule has 3 rings (SSSR count). The van der Waals surface area contributed by atoms with Crippen LogP contribution in [0.1, 0.15) is 28.9 Å². The highest BCUT2D eigenvalue weighted by Gasteiger charge is 2.18. The lowest BCUT2D eigenvalue weighted by atomic mass is 10.1. The van der Waals surface area contributed by atoms with Gasteiger partial charge in [0.15, 0.2) is 11.5 Å². The Hall–Kier alpha value is -4.01. The molecule has 1 aromatic carbocycles. The molecule has 31 heavy (non-hydrogen) atoms. The maximum atomic E-state index is 12.1. The average molecular weight is 420 g/mol. The molecule has 0 bridgehead atoms. The normalized spacial score (nSPS) is 13.0. The zero-order valence-electron chi connectivity index (χ0n) is 17.6. The second-order valence-corrected chi connectivity index (χ2v) is 7.04. The third kappa shape index (κ3) is 4.95. The number of aromatic nitrogens is 2. The summed E-state index contributed by atoms with van der Waals surface area (Å²) in [5.41, 5.74) is 8.17. The van der Waals surface area contributed by atoms with Gasteiger partial charge in [0.2, 0.25) is 11.8 Å². The van der Waals surface area contributed by atoms with E-state index in [1.54, 1.807) is 51.5 Å². The van der Waals surface area contributed by atoms with Crippen molar-refractivity contribution in [3.8, 4) is 11.3 Å². The molecule has 0 saturated carbocycles. The van der Waals surface area contributed by atoms with E-state index in [0.717, 1.165) is 18.6 Å². The highest BCUT2D eigenvalue weighted by Crippen LogP contribution is 2.22. The highest BCUT2D eigenvalue weighted by atomic mass is 16.5. The van der Waals surface area contributed by atoms with Crippen LogP contribution in [0.2, 0.25) is 0 Å². The molecule has 0 saturated heterocycles. The number of carbonyl (C=O) groups is 1. The molecule has 1 amide bonds. The van der Waals surface area contributed by atoms with Crippen LogP contribution < -0.4 is 5.73 Å². The predicted octanol–water partition coefficient (Wildman–Crippen LogP) is 3.00. The number of amides is 1. The van der Waals surface area contributed by atoms with Crippen molar-refractivity contribution in [3.63, 3.8) is 0 Å². The maximum absolute atomic E-state index is 12.1. The van der Waals surface area contributed by atoms with E-state index in [2.05, 4.69) is 9.97 Å². The van der Waals surface area contributed by atoms with Gasteiger partial charge in [0.1, 0.15) is 0 Å². The Labute approximate surface area is 180 Å². The number of nitrogens with zero attached hydrogens (tertiary/aromatic N) is 3. The molecule has 0 radical (unpaired) electrons. The Morgan fingerprint density at radius 1 is 1.16 bits per heavy atom. The van der Waals surface area contributed by atoms with E-state index in [4.69, 9.17) is 26.0 Å². The average Bonchev–Trinajstić information content (AvgIpc) is 2.78. The molecule has 1 aromatic heterocycles. The van der Waals surface area contributed by atoms with Gasteiger partial charge in [0.05, 0.1) is 24.8 Å². The molecule has 1 aliphatic carbocycles. The smallest absolute Gasteiger partial charge is 0.253 e. The van der Waals surface area contributed by atoms with Gasteiger partial charge in [-0.05, 0) is 24.6 Å². The van der Waals surface area contributed by atoms with Crippen LogP contribution >= 0.6 is 0 Å². The summed E-state index contributed by atoms with van der Waals surface area (Å²) in [5.74, 6) is 0.0843. The lowest BCUT2D eigenvalue weighted by Crippen LogP contribution is -2.21. The Morgan fingerprint density at radius 2 is 1.87 bits per heavy atom.